The first-order chi connectivity index (χ1) is 64.8. The number of pyridine rings is 2. The number of nitriles is 2. The van der Waals surface area contributed by atoms with E-state index < -0.39 is 0 Å². The Morgan fingerprint density at radius 3 is 0.718 bits per heavy atom. The number of hydrogen-bond acceptors (Lipinski definition) is 8. The maximum Gasteiger partial charge on any atom is 0.143 e. The van der Waals surface area contributed by atoms with Gasteiger partial charge in [-0.15, -0.1) is 0 Å². The molecule has 0 spiro atoms. The van der Waals surface area contributed by atoms with Gasteiger partial charge in [0.25, 0.3) is 0 Å². The lowest BCUT2D eigenvalue weighted by Crippen LogP contribution is -2.14. The van der Waals surface area contributed by atoms with Crippen LogP contribution in [0, 0.1) is 36.5 Å². The van der Waals surface area contributed by atoms with E-state index in [0.29, 0.717) is 73.4 Å². The standard InChI is InChI=1S/C116H79N11O4/c1-72-73(2)114(125-103-49-23-11-37-89(103)90-38-12-24-50-104(90)125)116(115(113(72)76-62-74(70-117)61-75(63-76)71-118)126-105-51-25-13-39-91(105)92-40-14-26-52-106(92)126)127-107-55-53-77(128-57-27-59-130-79-66-109(121-95-41-15-3-29-81(95)82-30-4-16-42-96(82)121)119-110(67-79)122-97-43-17-5-31-83(97)84-32-6-18-44-98(84)122)64-93(107)94-65-78(54-56-108(94)127)129-58-28-60-131-80-68-111(123-99-45-19-7-33-85(99)86-34-8-20-46-100(86)123)120-112(69-80)124-101-47-21-9-35-87(101)88-36-10-22-48-102(88)124/h3-26,29-56,61-69H,27-28,57-60H2,1-2H3. The lowest BCUT2D eigenvalue weighted by Gasteiger charge is -2.28. The molecule has 622 valence electrons. The van der Waals surface area contributed by atoms with Crippen LogP contribution in [-0.2, 0) is 0 Å². The Bertz CT molecular complexity index is 8210. The highest BCUT2D eigenvalue weighted by Gasteiger charge is 2.33. The van der Waals surface area contributed by atoms with Crippen molar-refractivity contribution < 1.29 is 18.9 Å². The molecule has 131 heavy (non-hydrogen) atoms. The van der Waals surface area contributed by atoms with E-state index in [4.69, 9.17) is 28.9 Å². The van der Waals surface area contributed by atoms with Gasteiger partial charge in [0.1, 0.15) is 46.3 Å². The van der Waals surface area contributed by atoms with Gasteiger partial charge < -0.3 is 32.6 Å². The van der Waals surface area contributed by atoms with E-state index in [1.54, 1.807) is 6.07 Å². The summed E-state index contributed by atoms with van der Waals surface area (Å²) in [5.74, 6) is 5.66. The van der Waals surface area contributed by atoms with Gasteiger partial charge in [0, 0.05) is 118 Å². The predicted molar refractivity (Wildman–Crippen MR) is 531 cm³/mol. The van der Waals surface area contributed by atoms with Crippen LogP contribution in [0.15, 0.2) is 370 Å². The van der Waals surface area contributed by atoms with E-state index >= 15 is 0 Å². The van der Waals surface area contributed by atoms with Crippen molar-refractivity contribution in [3.05, 3.63) is 392 Å². The molecule has 0 unspecified atom stereocenters. The zero-order chi connectivity index (χ0) is 87.1. The summed E-state index contributed by atoms with van der Waals surface area (Å²) in [6, 6.07) is 134. The van der Waals surface area contributed by atoms with Gasteiger partial charge in [0.2, 0.25) is 0 Å². The SMILES string of the molecule is Cc1c(C)c(-n2c3ccccc3c3ccccc32)c(-n2c3ccc(OCCCOc4cc(-n5c6ccccc6c6ccccc65)nc(-n5c6ccccc6c6ccccc65)c4)cc3c3cc(OCCCOc4cc(-n5c6ccccc6c6ccccc65)nc(-n5c6ccccc6c6ccccc65)c4)ccc32)c(-n2c3ccccc3c3ccccc32)c1-c1cc(C#N)cc(C#N)c1. The zero-order valence-electron chi connectivity index (χ0n) is 71.5. The van der Waals surface area contributed by atoms with Crippen molar-refractivity contribution in [1.82, 2.24) is 41.9 Å². The summed E-state index contributed by atoms with van der Waals surface area (Å²) >= 11 is 0. The summed E-state index contributed by atoms with van der Waals surface area (Å²) in [6.07, 6.45) is 1.09. The van der Waals surface area contributed by atoms with E-state index in [2.05, 4.69) is 410 Å². The average Bonchev–Trinajstić information content (AvgIpc) is 1.55. The highest BCUT2D eigenvalue weighted by molar-refractivity contribution is 6.18. The molecule has 15 nitrogen and oxygen atoms in total. The summed E-state index contributed by atoms with van der Waals surface area (Å²) in [7, 11) is 0. The van der Waals surface area contributed by atoms with Crippen molar-refractivity contribution in [2.75, 3.05) is 26.4 Å². The first-order valence-corrected chi connectivity index (χ1v) is 44.5. The van der Waals surface area contributed by atoms with Crippen LogP contribution < -0.4 is 18.9 Å². The van der Waals surface area contributed by atoms with Crippen LogP contribution in [0.25, 0.3) is 204 Å². The number of aromatic nitrogens is 9. The Kier molecular flexibility index (Phi) is 17.8. The van der Waals surface area contributed by atoms with Gasteiger partial charge in [-0.25, -0.2) is 9.97 Å². The third-order valence-corrected chi connectivity index (χ3v) is 26.4. The van der Waals surface area contributed by atoms with Crippen molar-refractivity contribution in [2.24, 2.45) is 0 Å². The van der Waals surface area contributed by atoms with Gasteiger partial charge in [-0.2, -0.15) is 10.5 Å². The van der Waals surface area contributed by atoms with Crippen LogP contribution in [0.1, 0.15) is 35.1 Å². The molecule has 25 aromatic rings. The van der Waals surface area contributed by atoms with Crippen molar-refractivity contribution >= 4 is 153 Å². The first kappa shape index (κ1) is 76.1. The molecule has 0 radical (unpaired) electrons. The minimum absolute atomic E-state index is 0.330. The van der Waals surface area contributed by atoms with Crippen LogP contribution in [0.5, 0.6) is 23.0 Å². The number of fused-ring (bicyclic) bond motifs is 21. The molecule has 0 aliphatic heterocycles. The molecule has 0 N–H and O–H groups in total. The van der Waals surface area contributed by atoms with Gasteiger partial charge in [-0.05, 0) is 158 Å². The highest BCUT2D eigenvalue weighted by atomic mass is 16.5. The maximum absolute atomic E-state index is 11.0. The molecule has 0 amide bonds. The van der Waals surface area contributed by atoms with E-state index in [0.717, 1.165) is 215 Å². The second-order valence-corrected chi connectivity index (χ2v) is 33.7. The lowest BCUT2D eigenvalue weighted by atomic mass is 9.89. The molecule has 0 bridgehead atoms. The van der Waals surface area contributed by atoms with Gasteiger partial charge in [-0.1, -0.05) is 218 Å². The van der Waals surface area contributed by atoms with Gasteiger partial charge >= 0.3 is 0 Å². The molecule has 9 aromatic heterocycles. The fraction of sp³-hybridized carbons (Fsp3) is 0.0690. The molecule has 9 heterocycles. The third kappa shape index (κ3) is 12.2. The monoisotopic (exact) mass is 1690 g/mol. The minimum atomic E-state index is 0.330. The fourth-order valence-electron chi connectivity index (χ4n) is 20.8. The number of rotatable bonds is 20. The van der Waals surface area contributed by atoms with Gasteiger partial charge in [-0.3, -0.25) is 18.3 Å². The molecule has 0 aliphatic carbocycles. The smallest absolute Gasteiger partial charge is 0.143 e. The lowest BCUT2D eigenvalue weighted by molar-refractivity contribution is 0.247. The largest absolute Gasteiger partial charge is 0.493 e. The summed E-state index contributed by atoms with van der Waals surface area (Å²) in [5.41, 5.74) is 21.3. The molecular formula is C116H79N11O4. The Balaban J connectivity index is 0.629. The van der Waals surface area contributed by atoms with Crippen LogP contribution in [0.3, 0.4) is 0 Å². The molecule has 0 saturated heterocycles. The van der Waals surface area contributed by atoms with E-state index in [1.807, 2.05) is 12.1 Å². The number of para-hydroxylation sites is 12. The Hall–Kier alpha value is -17.4. The van der Waals surface area contributed by atoms with Crippen molar-refractivity contribution in [3.8, 4) is 86.6 Å². The first-order valence-electron chi connectivity index (χ1n) is 44.5. The minimum Gasteiger partial charge on any atom is -0.493 e. The quantitative estimate of drug-likeness (QED) is 0.0686. The number of hydrogen-bond donors (Lipinski definition) is 0. The number of ether oxygens (including phenoxy) is 4. The van der Waals surface area contributed by atoms with Crippen molar-refractivity contribution in [1.29, 1.82) is 10.5 Å². The fourth-order valence-corrected chi connectivity index (χ4v) is 20.8. The summed E-state index contributed by atoms with van der Waals surface area (Å²) < 4.78 is 44.4. The zero-order valence-corrected chi connectivity index (χ0v) is 71.5. The predicted octanol–water partition coefficient (Wildman–Crippen LogP) is 27.9. The molecule has 0 fully saturated rings. The normalized spacial score (nSPS) is 11.9. The Morgan fingerprint density at radius 2 is 0.450 bits per heavy atom. The highest BCUT2D eigenvalue weighted by Crippen LogP contribution is 2.51. The molecule has 0 saturated carbocycles. The van der Waals surface area contributed by atoms with E-state index in [1.165, 1.54) is 0 Å². The number of nitrogens with zero attached hydrogens (tertiary/aromatic N) is 11. The van der Waals surface area contributed by atoms with Crippen LogP contribution in [0.2, 0.25) is 0 Å². The second-order valence-electron chi connectivity index (χ2n) is 33.7. The van der Waals surface area contributed by atoms with Crippen LogP contribution in [0.4, 0.5) is 0 Å². The maximum atomic E-state index is 11.0. The van der Waals surface area contributed by atoms with Crippen LogP contribution in [-0.4, -0.2) is 68.4 Å². The van der Waals surface area contributed by atoms with Crippen molar-refractivity contribution in [3.63, 3.8) is 0 Å². The summed E-state index contributed by atoms with van der Waals surface area (Å²) in [4.78, 5) is 11.1. The summed E-state index contributed by atoms with van der Waals surface area (Å²) in [5, 5.41) is 37.3. The molecule has 16 aromatic carbocycles. The third-order valence-electron chi connectivity index (χ3n) is 26.4. The van der Waals surface area contributed by atoms with Crippen LogP contribution >= 0.6 is 0 Å². The molecule has 25 rings (SSSR count). The topological polar surface area (TPSA) is 145 Å². The molecule has 0 aliphatic rings. The van der Waals surface area contributed by atoms with Crippen molar-refractivity contribution in [2.45, 2.75) is 26.7 Å². The van der Waals surface area contributed by atoms with Gasteiger partial charge in [0.05, 0.1) is 144 Å². The number of benzene rings is 16. The summed E-state index contributed by atoms with van der Waals surface area (Å²) in [6.45, 7) is 5.76. The average molecular weight is 1690 g/mol. The molecular weight excluding hydrogens is 1610 g/mol. The Labute approximate surface area is 751 Å². The van der Waals surface area contributed by atoms with E-state index in [-0.39, 0.29) is 0 Å². The van der Waals surface area contributed by atoms with E-state index in [9.17, 15) is 10.5 Å². The molecule has 15 heteroatoms. The molecule has 0 atom stereocenters. The van der Waals surface area contributed by atoms with Gasteiger partial charge in [0.15, 0.2) is 0 Å². The second kappa shape index (κ2) is 30.7. The Morgan fingerprint density at radius 1 is 0.221 bits per heavy atom.